The number of aromatic nitrogens is 1. The van der Waals surface area contributed by atoms with Crippen molar-refractivity contribution >= 4 is 5.91 Å². The van der Waals surface area contributed by atoms with Gasteiger partial charge in [0.25, 0.3) is 5.91 Å². The van der Waals surface area contributed by atoms with E-state index in [0.29, 0.717) is 23.6 Å². The van der Waals surface area contributed by atoms with Gasteiger partial charge in [-0.25, -0.2) is 0 Å². The minimum atomic E-state index is -0.0239. The third-order valence-electron chi connectivity index (χ3n) is 2.95. The van der Waals surface area contributed by atoms with Crippen LogP contribution in [-0.2, 0) is 0 Å². The van der Waals surface area contributed by atoms with Crippen LogP contribution < -0.4 is 5.73 Å². The highest BCUT2D eigenvalue weighted by atomic mass is 16.2. The fourth-order valence-corrected chi connectivity index (χ4v) is 1.68. The van der Waals surface area contributed by atoms with Crippen LogP contribution in [-0.4, -0.2) is 35.9 Å². The van der Waals surface area contributed by atoms with Crippen LogP contribution in [0.1, 0.15) is 36.2 Å². The lowest BCUT2D eigenvalue weighted by atomic mass is 10.1. The second-order valence-corrected chi connectivity index (χ2v) is 4.67. The molecule has 1 rings (SSSR count). The van der Waals surface area contributed by atoms with E-state index in [9.17, 15) is 4.79 Å². The lowest BCUT2D eigenvalue weighted by Gasteiger charge is -2.20. The minimum Gasteiger partial charge on any atom is -0.341 e. The molecular weight excluding hydrogens is 238 g/mol. The number of nitrogens with zero attached hydrogens (tertiary/aromatic N) is 2. The zero-order valence-electron chi connectivity index (χ0n) is 11.8. The van der Waals surface area contributed by atoms with Crippen LogP contribution in [0.2, 0.25) is 0 Å². The summed E-state index contributed by atoms with van der Waals surface area (Å²) in [4.78, 5) is 18.0. The minimum absolute atomic E-state index is 0.0239. The van der Waals surface area contributed by atoms with Gasteiger partial charge in [-0.3, -0.25) is 9.78 Å². The quantitative estimate of drug-likeness (QED) is 0.834. The second kappa shape index (κ2) is 7.55. The van der Waals surface area contributed by atoms with Crippen molar-refractivity contribution in [3.8, 4) is 11.8 Å². The highest BCUT2D eigenvalue weighted by molar-refractivity contribution is 5.94. The Balaban J connectivity index is 2.81. The van der Waals surface area contributed by atoms with Crippen LogP contribution in [0.15, 0.2) is 18.5 Å². The molecule has 0 aliphatic rings. The summed E-state index contributed by atoms with van der Waals surface area (Å²) in [7, 11) is 1.81. The molecule has 1 aromatic heterocycles. The third kappa shape index (κ3) is 4.72. The average Bonchev–Trinajstić information content (AvgIpc) is 2.44. The Bertz CT molecular complexity index is 488. The first kappa shape index (κ1) is 15.2. The van der Waals surface area contributed by atoms with Crippen molar-refractivity contribution in [2.75, 3.05) is 20.1 Å². The molecule has 0 fully saturated rings. The van der Waals surface area contributed by atoms with E-state index >= 15 is 0 Å². The lowest BCUT2D eigenvalue weighted by molar-refractivity contribution is 0.0774. The first-order valence-corrected chi connectivity index (χ1v) is 6.48. The first-order chi connectivity index (χ1) is 9.08. The molecule has 2 N–H and O–H groups in total. The Morgan fingerprint density at radius 3 is 2.89 bits per heavy atom. The van der Waals surface area contributed by atoms with Gasteiger partial charge in [-0.15, -0.1) is 0 Å². The van der Waals surface area contributed by atoms with E-state index in [-0.39, 0.29) is 5.91 Å². The third-order valence-corrected chi connectivity index (χ3v) is 2.95. The molecule has 0 aromatic carbocycles. The average molecular weight is 259 g/mol. The lowest BCUT2D eigenvalue weighted by Crippen LogP contribution is -2.31. The van der Waals surface area contributed by atoms with Crippen LogP contribution in [0, 0.1) is 17.8 Å². The van der Waals surface area contributed by atoms with Crippen LogP contribution >= 0.6 is 0 Å². The Morgan fingerprint density at radius 1 is 1.53 bits per heavy atom. The zero-order valence-corrected chi connectivity index (χ0v) is 11.8. The molecule has 0 saturated heterocycles. The highest BCUT2D eigenvalue weighted by Crippen LogP contribution is 2.08. The molecule has 0 bridgehead atoms. The molecule has 4 nitrogen and oxygen atoms in total. The molecule has 1 unspecified atom stereocenters. The Hall–Kier alpha value is -1.86. The molecular formula is C15H21N3O. The summed E-state index contributed by atoms with van der Waals surface area (Å²) in [5.74, 6) is 6.10. The van der Waals surface area contributed by atoms with Crippen LogP contribution in [0.5, 0.6) is 0 Å². The maximum absolute atomic E-state index is 12.2. The SMILES string of the molecule is CCC(C)CN(C)C(=O)c1cncc(C#CCN)c1. The first-order valence-electron chi connectivity index (χ1n) is 6.48. The van der Waals surface area contributed by atoms with E-state index in [1.807, 2.05) is 7.05 Å². The van der Waals surface area contributed by atoms with Crippen molar-refractivity contribution in [3.63, 3.8) is 0 Å². The molecule has 0 saturated carbocycles. The predicted molar refractivity (Wildman–Crippen MR) is 76.6 cm³/mol. The fourth-order valence-electron chi connectivity index (χ4n) is 1.68. The van der Waals surface area contributed by atoms with Gasteiger partial charge < -0.3 is 10.6 Å². The number of amides is 1. The number of hydrogen-bond acceptors (Lipinski definition) is 3. The van der Waals surface area contributed by atoms with Gasteiger partial charge in [-0.2, -0.15) is 0 Å². The summed E-state index contributed by atoms with van der Waals surface area (Å²) in [6, 6.07) is 1.76. The molecule has 0 spiro atoms. The van der Waals surface area contributed by atoms with E-state index in [0.717, 1.165) is 13.0 Å². The van der Waals surface area contributed by atoms with E-state index in [4.69, 9.17) is 5.73 Å². The van der Waals surface area contributed by atoms with Crippen LogP contribution in [0.4, 0.5) is 0 Å². The highest BCUT2D eigenvalue weighted by Gasteiger charge is 2.14. The summed E-state index contributed by atoms with van der Waals surface area (Å²) in [6.45, 7) is 5.29. The molecule has 0 radical (unpaired) electrons. The maximum atomic E-state index is 12.2. The van der Waals surface area contributed by atoms with E-state index in [1.54, 1.807) is 23.4 Å². The molecule has 0 aliphatic heterocycles. The summed E-state index contributed by atoms with van der Waals surface area (Å²) in [6.07, 6.45) is 4.26. The Morgan fingerprint density at radius 2 is 2.26 bits per heavy atom. The van der Waals surface area contributed by atoms with E-state index in [1.165, 1.54) is 0 Å². The van der Waals surface area contributed by atoms with Gasteiger partial charge >= 0.3 is 0 Å². The number of hydrogen-bond donors (Lipinski definition) is 1. The molecule has 1 heterocycles. The number of pyridine rings is 1. The fraction of sp³-hybridized carbons (Fsp3) is 0.467. The standard InChI is InChI=1S/C15H21N3O/c1-4-12(2)11-18(3)15(19)14-8-13(6-5-7-16)9-17-10-14/h8-10,12H,4,7,11,16H2,1-3H3. The van der Waals surface area contributed by atoms with Gasteiger partial charge in [-0.05, 0) is 12.0 Å². The summed E-state index contributed by atoms with van der Waals surface area (Å²) in [5, 5.41) is 0. The van der Waals surface area contributed by atoms with Crippen molar-refractivity contribution in [2.45, 2.75) is 20.3 Å². The second-order valence-electron chi connectivity index (χ2n) is 4.67. The smallest absolute Gasteiger partial charge is 0.255 e. The van der Waals surface area contributed by atoms with Gasteiger partial charge in [0.1, 0.15) is 0 Å². The molecule has 1 aromatic rings. The number of carbonyl (C=O) groups is 1. The van der Waals surface area contributed by atoms with E-state index < -0.39 is 0 Å². The topological polar surface area (TPSA) is 59.2 Å². The number of carbonyl (C=O) groups excluding carboxylic acids is 1. The van der Waals surface area contributed by atoms with Crippen molar-refractivity contribution in [1.29, 1.82) is 0 Å². The molecule has 19 heavy (non-hydrogen) atoms. The molecule has 4 heteroatoms. The maximum Gasteiger partial charge on any atom is 0.255 e. The van der Waals surface area contributed by atoms with E-state index in [2.05, 4.69) is 30.7 Å². The van der Waals surface area contributed by atoms with Gasteiger partial charge in [-0.1, -0.05) is 32.1 Å². The van der Waals surface area contributed by atoms with Gasteiger partial charge in [0.2, 0.25) is 0 Å². The van der Waals surface area contributed by atoms with Crippen LogP contribution in [0.3, 0.4) is 0 Å². The monoisotopic (exact) mass is 259 g/mol. The largest absolute Gasteiger partial charge is 0.341 e. The molecule has 1 amide bonds. The predicted octanol–water partition coefficient (Wildman–Crippen LogP) is 1.51. The molecule has 0 aliphatic carbocycles. The van der Waals surface area contributed by atoms with Crippen LogP contribution in [0.25, 0.3) is 0 Å². The van der Waals surface area contributed by atoms with Gasteiger partial charge in [0.15, 0.2) is 0 Å². The Labute approximate surface area is 115 Å². The molecule has 102 valence electrons. The molecule has 1 atom stereocenters. The van der Waals surface area contributed by atoms with Crippen molar-refractivity contribution in [3.05, 3.63) is 29.6 Å². The van der Waals surface area contributed by atoms with Crippen molar-refractivity contribution in [1.82, 2.24) is 9.88 Å². The van der Waals surface area contributed by atoms with Gasteiger partial charge in [0.05, 0.1) is 12.1 Å². The Kier molecular flexibility index (Phi) is 6.04. The normalized spacial score (nSPS) is 11.4. The number of nitrogens with two attached hydrogens (primary N) is 1. The number of rotatable bonds is 4. The zero-order chi connectivity index (χ0) is 14.3. The summed E-state index contributed by atoms with van der Waals surface area (Å²) < 4.78 is 0. The summed E-state index contributed by atoms with van der Waals surface area (Å²) in [5.41, 5.74) is 6.60. The summed E-state index contributed by atoms with van der Waals surface area (Å²) >= 11 is 0. The van der Waals surface area contributed by atoms with Crippen molar-refractivity contribution in [2.24, 2.45) is 11.7 Å². The van der Waals surface area contributed by atoms with Crippen molar-refractivity contribution < 1.29 is 4.79 Å². The van der Waals surface area contributed by atoms with Gasteiger partial charge in [0, 0.05) is 31.5 Å².